The van der Waals surface area contributed by atoms with Crippen LogP contribution in [-0.2, 0) is 0 Å². The Balaban J connectivity index is 2.54. The molecule has 0 saturated carbocycles. The predicted octanol–water partition coefficient (Wildman–Crippen LogP) is 2.17. The van der Waals surface area contributed by atoms with Crippen molar-refractivity contribution in [2.45, 2.75) is 0 Å². The number of ether oxygens (including phenoxy) is 2. The number of aromatic nitrogens is 1. The largest absolute Gasteiger partial charge is 0.497 e. The van der Waals surface area contributed by atoms with Gasteiger partial charge in [0.1, 0.15) is 23.5 Å². The van der Waals surface area contributed by atoms with Gasteiger partial charge in [-0.05, 0) is 12.1 Å². The van der Waals surface area contributed by atoms with Crippen LogP contribution in [-0.4, -0.2) is 25.7 Å². The zero-order valence-electron chi connectivity index (χ0n) is 9.47. The highest BCUT2D eigenvalue weighted by Gasteiger charge is 2.12. The van der Waals surface area contributed by atoms with Gasteiger partial charge < -0.3 is 14.0 Å². The molecule has 0 aliphatic rings. The summed E-state index contributed by atoms with van der Waals surface area (Å²) in [7, 11) is 3.12. The van der Waals surface area contributed by atoms with Gasteiger partial charge in [0.2, 0.25) is 0 Å². The maximum Gasteiger partial charge on any atom is 0.155 e. The van der Waals surface area contributed by atoms with E-state index in [-0.39, 0.29) is 0 Å². The van der Waals surface area contributed by atoms with Crippen LogP contribution in [0.1, 0.15) is 10.4 Å². The topological polar surface area (TPSA) is 61.6 Å². The number of carbonyl (C=O) groups excluding carboxylic acids is 1. The van der Waals surface area contributed by atoms with E-state index in [0.717, 1.165) is 0 Å². The van der Waals surface area contributed by atoms with E-state index in [1.165, 1.54) is 6.26 Å². The molecule has 0 aliphatic heterocycles. The van der Waals surface area contributed by atoms with E-state index in [1.807, 2.05) is 0 Å². The molecular weight excluding hydrogens is 222 g/mol. The molecule has 2 rings (SSSR count). The van der Waals surface area contributed by atoms with Crippen molar-refractivity contribution in [3.05, 3.63) is 30.0 Å². The zero-order chi connectivity index (χ0) is 12.3. The number of hydrogen-bond acceptors (Lipinski definition) is 5. The molecule has 88 valence electrons. The van der Waals surface area contributed by atoms with Crippen LogP contribution >= 0.6 is 0 Å². The molecule has 17 heavy (non-hydrogen) atoms. The average Bonchev–Trinajstić information content (AvgIpc) is 2.86. The lowest BCUT2D eigenvalue weighted by Crippen LogP contribution is -1.90. The normalized spacial score (nSPS) is 10.0. The lowest BCUT2D eigenvalue weighted by atomic mass is 10.1. The molecule has 1 aromatic carbocycles. The number of carbonyl (C=O) groups is 1. The van der Waals surface area contributed by atoms with Gasteiger partial charge in [0.15, 0.2) is 6.29 Å². The van der Waals surface area contributed by atoms with Gasteiger partial charge in [0, 0.05) is 11.6 Å². The maximum atomic E-state index is 10.8. The molecular formula is C12H11NO4. The molecule has 5 nitrogen and oxygen atoms in total. The first-order valence-electron chi connectivity index (χ1n) is 4.91. The van der Waals surface area contributed by atoms with Gasteiger partial charge >= 0.3 is 0 Å². The Hall–Kier alpha value is -2.30. The van der Waals surface area contributed by atoms with E-state index in [2.05, 4.69) is 5.16 Å². The van der Waals surface area contributed by atoms with E-state index in [9.17, 15) is 4.79 Å². The fraction of sp³-hybridized carbons (Fsp3) is 0.167. The third kappa shape index (κ3) is 2.13. The molecule has 0 aliphatic carbocycles. The van der Waals surface area contributed by atoms with Crippen LogP contribution < -0.4 is 9.47 Å². The Kier molecular flexibility index (Phi) is 3.09. The van der Waals surface area contributed by atoms with Crippen LogP contribution in [0, 0.1) is 0 Å². The molecule has 0 amide bonds. The Labute approximate surface area is 97.9 Å². The van der Waals surface area contributed by atoms with Gasteiger partial charge in [0.25, 0.3) is 0 Å². The smallest absolute Gasteiger partial charge is 0.155 e. The van der Waals surface area contributed by atoms with Crippen molar-refractivity contribution in [3.8, 4) is 22.8 Å². The minimum Gasteiger partial charge on any atom is -0.497 e. The quantitative estimate of drug-likeness (QED) is 0.757. The van der Waals surface area contributed by atoms with E-state index >= 15 is 0 Å². The van der Waals surface area contributed by atoms with E-state index in [1.54, 1.807) is 32.4 Å². The van der Waals surface area contributed by atoms with Crippen LogP contribution in [0.4, 0.5) is 0 Å². The fourth-order valence-corrected chi connectivity index (χ4v) is 1.49. The molecule has 1 heterocycles. The van der Waals surface area contributed by atoms with Crippen LogP contribution in [0.15, 0.2) is 29.0 Å². The summed E-state index contributed by atoms with van der Waals surface area (Å²) in [4.78, 5) is 10.8. The standard InChI is InChI=1S/C12H11NO4/c1-15-10-3-8(4-11(5-10)16-2)12-9(6-14)7-17-13-12/h3-7H,1-2H3. The molecule has 0 unspecified atom stereocenters. The van der Waals surface area contributed by atoms with Crippen molar-refractivity contribution < 1.29 is 18.8 Å². The van der Waals surface area contributed by atoms with Gasteiger partial charge in [-0.3, -0.25) is 4.79 Å². The van der Waals surface area contributed by atoms with E-state index in [0.29, 0.717) is 34.6 Å². The van der Waals surface area contributed by atoms with Gasteiger partial charge in [-0.25, -0.2) is 0 Å². The maximum absolute atomic E-state index is 10.8. The van der Waals surface area contributed by atoms with Crippen LogP contribution in [0.5, 0.6) is 11.5 Å². The summed E-state index contributed by atoms with van der Waals surface area (Å²) in [6.07, 6.45) is 1.99. The number of nitrogens with zero attached hydrogens (tertiary/aromatic N) is 1. The van der Waals surface area contributed by atoms with Gasteiger partial charge in [-0.1, -0.05) is 5.16 Å². The van der Waals surface area contributed by atoms with Crippen molar-refractivity contribution in [3.63, 3.8) is 0 Å². The molecule has 0 N–H and O–H groups in total. The number of hydrogen-bond donors (Lipinski definition) is 0. The first kappa shape index (κ1) is 11.2. The summed E-state index contributed by atoms with van der Waals surface area (Å²) in [5.41, 5.74) is 1.56. The molecule has 1 aromatic heterocycles. The Bertz CT molecular complexity index is 511. The second kappa shape index (κ2) is 4.69. The van der Waals surface area contributed by atoms with Gasteiger partial charge in [-0.15, -0.1) is 0 Å². The van der Waals surface area contributed by atoms with Gasteiger partial charge in [-0.2, -0.15) is 0 Å². The van der Waals surface area contributed by atoms with Crippen molar-refractivity contribution in [2.75, 3.05) is 14.2 Å². The monoisotopic (exact) mass is 233 g/mol. The lowest BCUT2D eigenvalue weighted by Gasteiger charge is -2.06. The minimum atomic E-state index is 0.389. The summed E-state index contributed by atoms with van der Waals surface area (Å²) in [6.45, 7) is 0. The number of rotatable bonds is 4. The Morgan fingerprint density at radius 3 is 2.35 bits per heavy atom. The van der Waals surface area contributed by atoms with Crippen molar-refractivity contribution in [2.24, 2.45) is 0 Å². The molecule has 0 atom stereocenters. The highest BCUT2D eigenvalue weighted by atomic mass is 16.5. The number of methoxy groups -OCH3 is 2. The summed E-state index contributed by atoms with van der Waals surface area (Å²) in [6, 6.07) is 5.25. The number of benzene rings is 1. The Morgan fingerprint density at radius 1 is 1.18 bits per heavy atom. The summed E-state index contributed by atoms with van der Waals surface area (Å²) in [5.74, 6) is 1.25. The average molecular weight is 233 g/mol. The highest BCUT2D eigenvalue weighted by Crippen LogP contribution is 2.30. The third-order valence-electron chi connectivity index (χ3n) is 2.35. The van der Waals surface area contributed by atoms with E-state index in [4.69, 9.17) is 14.0 Å². The van der Waals surface area contributed by atoms with E-state index < -0.39 is 0 Å². The molecule has 2 aromatic rings. The molecule has 0 spiro atoms. The second-order valence-corrected chi connectivity index (χ2v) is 3.34. The third-order valence-corrected chi connectivity index (χ3v) is 2.35. The first-order valence-corrected chi connectivity index (χ1v) is 4.91. The summed E-state index contributed by atoms with van der Waals surface area (Å²) < 4.78 is 15.1. The molecule has 0 radical (unpaired) electrons. The molecule has 0 saturated heterocycles. The molecule has 0 bridgehead atoms. The fourth-order valence-electron chi connectivity index (χ4n) is 1.49. The predicted molar refractivity (Wildman–Crippen MR) is 60.4 cm³/mol. The van der Waals surface area contributed by atoms with Crippen molar-refractivity contribution in [1.82, 2.24) is 5.16 Å². The summed E-state index contributed by atoms with van der Waals surface area (Å²) in [5, 5.41) is 3.79. The van der Waals surface area contributed by atoms with Gasteiger partial charge in [0.05, 0.1) is 19.8 Å². The Morgan fingerprint density at radius 2 is 1.82 bits per heavy atom. The minimum absolute atomic E-state index is 0.389. The SMILES string of the molecule is COc1cc(OC)cc(-c2nocc2C=O)c1. The lowest BCUT2D eigenvalue weighted by molar-refractivity contribution is 0.112. The first-order chi connectivity index (χ1) is 8.28. The molecule has 0 fully saturated rings. The molecule has 5 heteroatoms. The van der Waals surface area contributed by atoms with Crippen molar-refractivity contribution in [1.29, 1.82) is 0 Å². The van der Waals surface area contributed by atoms with Crippen LogP contribution in [0.25, 0.3) is 11.3 Å². The van der Waals surface area contributed by atoms with Crippen molar-refractivity contribution >= 4 is 6.29 Å². The van der Waals surface area contributed by atoms with Crippen LogP contribution in [0.3, 0.4) is 0 Å². The van der Waals surface area contributed by atoms with Crippen LogP contribution in [0.2, 0.25) is 0 Å². The summed E-state index contributed by atoms with van der Waals surface area (Å²) >= 11 is 0. The number of aldehydes is 1. The zero-order valence-corrected chi connectivity index (χ0v) is 9.47. The highest BCUT2D eigenvalue weighted by molar-refractivity contribution is 5.85. The second-order valence-electron chi connectivity index (χ2n) is 3.34.